The van der Waals surface area contributed by atoms with Crippen molar-refractivity contribution in [1.29, 1.82) is 0 Å². The summed E-state index contributed by atoms with van der Waals surface area (Å²) >= 11 is 1.71. The van der Waals surface area contributed by atoms with Crippen molar-refractivity contribution in [2.45, 2.75) is 19.4 Å². The molecule has 1 aliphatic heterocycles. The normalized spacial score (nSPS) is 14.8. The van der Waals surface area contributed by atoms with Crippen LogP contribution in [0.3, 0.4) is 0 Å². The Balaban J connectivity index is 1.33. The monoisotopic (exact) mass is 371 g/mol. The molecule has 0 atom stereocenters. The van der Waals surface area contributed by atoms with Crippen LogP contribution in [-0.2, 0) is 19.4 Å². The molecule has 0 spiro atoms. The van der Waals surface area contributed by atoms with Crippen LogP contribution in [0.25, 0.3) is 21.3 Å². The van der Waals surface area contributed by atoms with Crippen molar-refractivity contribution in [3.8, 4) is 11.1 Å². The molecule has 5 rings (SSSR count). The Morgan fingerprint density at radius 3 is 2.59 bits per heavy atom. The number of nitrogens with zero attached hydrogens (tertiary/aromatic N) is 3. The van der Waals surface area contributed by atoms with Crippen LogP contribution in [0, 0.1) is 0 Å². The topological polar surface area (TPSA) is 29.0 Å². The summed E-state index contributed by atoms with van der Waals surface area (Å²) < 4.78 is 1.27. The van der Waals surface area contributed by atoms with Gasteiger partial charge in [0.1, 0.15) is 0 Å². The molecule has 3 nitrogen and oxygen atoms in total. The summed E-state index contributed by atoms with van der Waals surface area (Å²) in [6, 6.07) is 17.8. The molecule has 0 bridgehead atoms. The number of benzene rings is 2. The molecule has 0 N–H and O–H groups in total. The zero-order valence-corrected chi connectivity index (χ0v) is 16.0. The number of fused-ring (bicyclic) bond motifs is 2. The molecular formula is C23H21N3S. The second-order valence-corrected chi connectivity index (χ2v) is 8.04. The van der Waals surface area contributed by atoms with E-state index in [1.54, 1.807) is 11.3 Å². The SMILES string of the molecule is c1cc(-c2ccc3c(c2)CCN(Cc2ccc4scnc4c2)CC3)ccn1. The number of rotatable bonds is 3. The first-order chi connectivity index (χ1) is 13.3. The number of hydrogen-bond acceptors (Lipinski definition) is 4. The summed E-state index contributed by atoms with van der Waals surface area (Å²) in [5.41, 5.74) is 9.92. The summed E-state index contributed by atoms with van der Waals surface area (Å²) in [7, 11) is 0. The predicted octanol–water partition coefficient (Wildman–Crippen LogP) is 4.96. The number of thiazole rings is 1. The Labute approximate surface area is 163 Å². The lowest BCUT2D eigenvalue weighted by Crippen LogP contribution is -2.25. The van der Waals surface area contributed by atoms with Crippen molar-refractivity contribution in [2.75, 3.05) is 13.1 Å². The largest absolute Gasteiger partial charge is 0.298 e. The standard InChI is InChI=1S/C23H21N3S/c1-4-23-22(25-16-27-23)13-17(1)15-26-11-7-18-2-3-20(14-21(18)8-12-26)19-5-9-24-10-6-19/h1-6,9-10,13-14,16H,7-8,11-12,15H2. The Bertz CT molecular complexity index is 1070. The van der Waals surface area contributed by atoms with E-state index in [1.165, 1.54) is 32.5 Å². The van der Waals surface area contributed by atoms with E-state index in [0.29, 0.717) is 0 Å². The summed E-state index contributed by atoms with van der Waals surface area (Å²) in [5, 5.41) is 0. The molecule has 0 fully saturated rings. The van der Waals surface area contributed by atoms with Gasteiger partial charge in [0.25, 0.3) is 0 Å². The molecule has 0 unspecified atom stereocenters. The molecule has 4 heteroatoms. The molecular weight excluding hydrogens is 350 g/mol. The van der Waals surface area contributed by atoms with Gasteiger partial charge in [0.05, 0.1) is 15.7 Å². The molecule has 0 amide bonds. The maximum absolute atomic E-state index is 4.46. The van der Waals surface area contributed by atoms with Crippen LogP contribution in [0.15, 0.2) is 66.4 Å². The molecule has 1 aliphatic rings. The van der Waals surface area contributed by atoms with Gasteiger partial charge in [0, 0.05) is 32.0 Å². The highest BCUT2D eigenvalue weighted by Gasteiger charge is 2.15. The van der Waals surface area contributed by atoms with E-state index in [9.17, 15) is 0 Å². The molecule has 0 radical (unpaired) electrons. The Morgan fingerprint density at radius 1 is 0.852 bits per heavy atom. The summed E-state index contributed by atoms with van der Waals surface area (Å²) in [4.78, 5) is 11.2. The molecule has 0 saturated heterocycles. The van der Waals surface area contributed by atoms with Gasteiger partial charge in [-0.1, -0.05) is 24.3 Å². The highest BCUT2D eigenvalue weighted by molar-refractivity contribution is 7.16. The minimum Gasteiger partial charge on any atom is -0.298 e. The van der Waals surface area contributed by atoms with Gasteiger partial charge < -0.3 is 0 Å². The van der Waals surface area contributed by atoms with Crippen LogP contribution in [0.4, 0.5) is 0 Å². The molecule has 4 aromatic rings. The lowest BCUT2D eigenvalue weighted by Gasteiger charge is -2.19. The Kier molecular flexibility index (Phi) is 4.44. The first-order valence-electron chi connectivity index (χ1n) is 9.42. The lowest BCUT2D eigenvalue weighted by atomic mass is 9.97. The van der Waals surface area contributed by atoms with Crippen LogP contribution < -0.4 is 0 Å². The molecule has 134 valence electrons. The van der Waals surface area contributed by atoms with Crippen LogP contribution >= 0.6 is 11.3 Å². The van der Waals surface area contributed by atoms with Crippen molar-refractivity contribution in [3.05, 3.63) is 83.1 Å². The van der Waals surface area contributed by atoms with Gasteiger partial charge in [-0.2, -0.15) is 0 Å². The minimum atomic E-state index is 0.999. The molecule has 0 saturated carbocycles. The molecule has 2 aromatic heterocycles. The lowest BCUT2D eigenvalue weighted by molar-refractivity contribution is 0.279. The average molecular weight is 372 g/mol. The summed E-state index contributed by atoms with van der Waals surface area (Å²) in [5.74, 6) is 0. The number of pyridine rings is 1. The average Bonchev–Trinajstić information content (AvgIpc) is 3.09. The van der Waals surface area contributed by atoms with Crippen molar-refractivity contribution >= 4 is 21.6 Å². The zero-order chi connectivity index (χ0) is 18.1. The van der Waals surface area contributed by atoms with Gasteiger partial charge in [0.15, 0.2) is 0 Å². The third kappa shape index (κ3) is 3.51. The van der Waals surface area contributed by atoms with Gasteiger partial charge in [-0.3, -0.25) is 9.88 Å². The Morgan fingerprint density at radius 2 is 1.70 bits per heavy atom. The van der Waals surface area contributed by atoms with Crippen molar-refractivity contribution < 1.29 is 0 Å². The molecule has 0 aliphatic carbocycles. The third-order valence-electron chi connectivity index (χ3n) is 5.42. The fourth-order valence-electron chi connectivity index (χ4n) is 3.91. The van der Waals surface area contributed by atoms with E-state index in [2.05, 4.69) is 63.4 Å². The van der Waals surface area contributed by atoms with Crippen LogP contribution in [-0.4, -0.2) is 28.0 Å². The van der Waals surface area contributed by atoms with Gasteiger partial charge in [-0.05, 0) is 64.9 Å². The maximum Gasteiger partial charge on any atom is 0.0815 e. The van der Waals surface area contributed by atoms with Crippen LogP contribution in [0.5, 0.6) is 0 Å². The fraction of sp³-hybridized carbons (Fsp3) is 0.217. The van der Waals surface area contributed by atoms with Crippen LogP contribution in [0.2, 0.25) is 0 Å². The van der Waals surface area contributed by atoms with Gasteiger partial charge in [-0.15, -0.1) is 11.3 Å². The first-order valence-corrected chi connectivity index (χ1v) is 10.3. The highest BCUT2D eigenvalue weighted by Crippen LogP contribution is 2.25. The van der Waals surface area contributed by atoms with E-state index in [1.807, 2.05) is 17.9 Å². The van der Waals surface area contributed by atoms with Crippen LogP contribution in [0.1, 0.15) is 16.7 Å². The number of aromatic nitrogens is 2. The first kappa shape index (κ1) is 16.6. The van der Waals surface area contributed by atoms with Crippen molar-refractivity contribution in [1.82, 2.24) is 14.9 Å². The molecule has 2 aromatic carbocycles. The number of hydrogen-bond donors (Lipinski definition) is 0. The third-order valence-corrected chi connectivity index (χ3v) is 6.23. The Hall–Kier alpha value is -2.56. The van der Waals surface area contributed by atoms with E-state index in [4.69, 9.17) is 0 Å². The highest BCUT2D eigenvalue weighted by atomic mass is 32.1. The van der Waals surface area contributed by atoms with E-state index in [-0.39, 0.29) is 0 Å². The smallest absolute Gasteiger partial charge is 0.0815 e. The second kappa shape index (κ2) is 7.22. The maximum atomic E-state index is 4.46. The summed E-state index contributed by atoms with van der Waals surface area (Å²) in [6.07, 6.45) is 5.95. The predicted molar refractivity (Wildman–Crippen MR) is 112 cm³/mol. The molecule has 27 heavy (non-hydrogen) atoms. The fourth-order valence-corrected chi connectivity index (χ4v) is 4.57. The molecule has 3 heterocycles. The van der Waals surface area contributed by atoms with Gasteiger partial charge >= 0.3 is 0 Å². The second-order valence-electron chi connectivity index (χ2n) is 7.15. The van der Waals surface area contributed by atoms with Crippen molar-refractivity contribution in [2.24, 2.45) is 0 Å². The van der Waals surface area contributed by atoms with Gasteiger partial charge in [0.2, 0.25) is 0 Å². The quantitative estimate of drug-likeness (QED) is 0.510. The van der Waals surface area contributed by atoms with E-state index < -0.39 is 0 Å². The zero-order valence-electron chi connectivity index (χ0n) is 15.1. The van der Waals surface area contributed by atoms with E-state index >= 15 is 0 Å². The van der Waals surface area contributed by atoms with E-state index in [0.717, 1.165) is 38.0 Å². The van der Waals surface area contributed by atoms with Crippen molar-refractivity contribution in [3.63, 3.8) is 0 Å². The summed E-state index contributed by atoms with van der Waals surface area (Å²) in [6.45, 7) is 3.21. The van der Waals surface area contributed by atoms with Gasteiger partial charge in [-0.25, -0.2) is 4.98 Å². The minimum absolute atomic E-state index is 0.999.